The largest absolute Gasteiger partial charge is 0.490 e. The van der Waals surface area contributed by atoms with Gasteiger partial charge in [0.25, 0.3) is 0 Å². The van der Waals surface area contributed by atoms with Crippen molar-refractivity contribution in [3.05, 3.63) is 47.4 Å². The smallest absolute Gasteiger partial charge is 0.481 e. The number of alkyl halides is 3. The number of fused-ring (bicyclic) bond motifs is 1. The summed E-state index contributed by atoms with van der Waals surface area (Å²) in [6.07, 6.45) is 0.0313. The highest BCUT2D eigenvalue weighted by molar-refractivity contribution is 7.21. The van der Waals surface area contributed by atoms with Gasteiger partial charge in [-0.05, 0) is 61.4 Å². The minimum atomic E-state index is -5.08. The van der Waals surface area contributed by atoms with Gasteiger partial charge in [0.1, 0.15) is 21.2 Å². The van der Waals surface area contributed by atoms with Crippen molar-refractivity contribution in [2.45, 2.75) is 43.8 Å². The maximum atomic E-state index is 14.9. The number of aliphatic carboxylic acids is 2. The van der Waals surface area contributed by atoms with Crippen LogP contribution in [0.5, 0.6) is 0 Å². The zero-order chi connectivity index (χ0) is 26.5. The lowest BCUT2D eigenvalue weighted by molar-refractivity contribution is -0.192. The van der Waals surface area contributed by atoms with Crippen LogP contribution in [-0.2, 0) is 21.5 Å². The Balaban J connectivity index is 0.000000355. The lowest BCUT2D eigenvalue weighted by atomic mass is 9.95. The highest BCUT2D eigenvalue weighted by Gasteiger charge is 2.55. The normalized spacial score (nSPS) is 19.1. The van der Waals surface area contributed by atoms with E-state index in [9.17, 15) is 22.4 Å². The monoisotopic (exact) mass is 537 g/mol. The van der Waals surface area contributed by atoms with Crippen LogP contribution in [0.3, 0.4) is 0 Å². The molecule has 6 rings (SSSR count). The number of carbonyl (C=O) groups is 2. The van der Waals surface area contributed by atoms with Gasteiger partial charge in [-0.25, -0.2) is 19.2 Å². The third kappa shape index (κ3) is 5.30. The second kappa shape index (κ2) is 9.32. The van der Waals surface area contributed by atoms with Gasteiger partial charge >= 0.3 is 18.1 Å². The number of hydrogen-bond acceptors (Lipinski definition) is 6. The Kier molecular flexibility index (Phi) is 6.43. The molecule has 0 unspecified atom stereocenters. The van der Waals surface area contributed by atoms with Crippen LogP contribution in [0, 0.1) is 17.7 Å². The van der Waals surface area contributed by atoms with Crippen LogP contribution < -0.4 is 0 Å². The van der Waals surface area contributed by atoms with Crippen molar-refractivity contribution in [2.75, 3.05) is 13.1 Å². The summed E-state index contributed by atoms with van der Waals surface area (Å²) in [6, 6.07) is 9.39. The maximum absolute atomic E-state index is 14.9. The molecule has 1 aliphatic heterocycles. The van der Waals surface area contributed by atoms with E-state index in [1.54, 1.807) is 12.1 Å². The van der Waals surface area contributed by atoms with Crippen molar-refractivity contribution in [1.29, 1.82) is 0 Å². The van der Waals surface area contributed by atoms with E-state index >= 15 is 0 Å². The fraction of sp³-hybridized carbons (Fsp3) is 0.440. The summed E-state index contributed by atoms with van der Waals surface area (Å²) in [6.45, 7) is 1.61. The molecule has 1 aromatic carbocycles. The van der Waals surface area contributed by atoms with Crippen molar-refractivity contribution in [2.24, 2.45) is 11.8 Å². The van der Waals surface area contributed by atoms with Crippen LogP contribution >= 0.6 is 11.3 Å². The first-order valence-electron chi connectivity index (χ1n) is 11.8. The fourth-order valence-electron chi connectivity index (χ4n) is 4.80. The number of benzene rings is 1. The Morgan fingerprint density at radius 2 is 1.76 bits per heavy atom. The van der Waals surface area contributed by atoms with E-state index in [-0.39, 0.29) is 11.7 Å². The van der Waals surface area contributed by atoms with E-state index in [0.717, 1.165) is 21.8 Å². The number of aromatic nitrogens is 2. The SMILES string of the molecule is O=C(O)C(F)(F)F.O=C(O)C1CN(Cc2ccc(-c3nc4ccc(C5(C6CC6)CC5)nc4s3)c(F)c2)C1. The number of carboxylic acids is 2. The molecule has 0 bridgehead atoms. The second-order valence-corrected chi connectivity index (χ2v) is 10.8. The van der Waals surface area contributed by atoms with Crippen molar-refractivity contribution >= 4 is 33.6 Å². The standard InChI is InChI=1S/C23H22FN3O2S.C2HF3O2/c24-17-9-13(10-27-11-14(12-27)22(28)29)1-4-16(17)20-25-18-5-6-19(26-21(18)30-20)23(7-8-23)15-2-3-15;3-2(4,5)1(6)7/h1,4-6,9,14-15H,2-3,7-8,10-12H2,(H,28,29);(H,6,7). The first kappa shape index (κ1) is 25.5. The highest BCUT2D eigenvalue weighted by Crippen LogP contribution is 2.61. The number of halogens is 4. The molecule has 37 heavy (non-hydrogen) atoms. The minimum absolute atomic E-state index is 0.293. The predicted molar refractivity (Wildman–Crippen MR) is 127 cm³/mol. The first-order valence-corrected chi connectivity index (χ1v) is 12.6. The molecule has 1 saturated heterocycles. The van der Waals surface area contributed by atoms with Crippen LogP contribution in [0.2, 0.25) is 0 Å². The number of likely N-dealkylation sites (tertiary alicyclic amines) is 1. The predicted octanol–water partition coefficient (Wildman–Crippen LogP) is 5.09. The number of thiazole rings is 1. The molecular formula is C25H23F4N3O4S. The van der Waals surface area contributed by atoms with Crippen LogP contribution in [0.25, 0.3) is 20.9 Å². The third-order valence-electron chi connectivity index (χ3n) is 7.13. The second-order valence-electron chi connectivity index (χ2n) is 9.82. The number of pyridine rings is 1. The van der Waals surface area contributed by atoms with E-state index < -0.39 is 18.1 Å². The lowest BCUT2D eigenvalue weighted by Crippen LogP contribution is -2.49. The molecule has 2 saturated carbocycles. The van der Waals surface area contributed by atoms with Gasteiger partial charge in [-0.3, -0.25) is 9.69 Å². The summed E-state index contributed by atoms with van der Waals surface area (Å²) >= 11 is 1.46. The average Bonchev–Trinajstić information content (AvgIpc) is 3.71. The summed E-state index contributed by atoms with van der Waals surface area (Å²) in [5.41, 5.74) is 3.68. The van der Waals surface area contributed by atoms with Gasteiger partial charge in [0.05, 0.1) is 5.92 Å². The Bertz CT molecular complexity index is 1360. The van der Waals surface area contributed by atoms with E-state index in [0.29, 0.717) is 35.6 Å². The molecule has 2 aromatic heterocycles. The zero-order valence-corrected chi connectivity index (χ0v) is 20.3. The van der Waals surface area contributed by atoms with Gasteiger partial charge in [0.15, 0.2) is 0 Å². The zero-order valence-electron chi connectivity index (χ0n) is 19.5. The summed E-state index contributed by atoms with van der Waals surface area (Å²) in [5.74, 6) is -3.31. The molecule has 7 nitrogen and oxygen atoms in total. The van der Waals surface area contributed by atoms with Crippen LogP contribution in [-0.4, -0.2) is 56.3 Å². The Hall–Kier alpha value is -3.12. The van der Waals surface area contributed by atoms with Gasteiger partial charge in [0.2, 0.25) is 0 Å². The van der Waals surface area contributed by atoms with Crippen LogP contribution in [0.15, 0.2) is 30.3 Å². The van der Waals surface area contributed by atoms with Crippen molar-refractivity contribution in [1.82, 2.24) is 14.9 Å². The van der Waals surface area contributed by atoms with Gasteiger partial charge in [-0.15, -0.1) is 0 Å². The molecule has 2 aliphatic carbocycles. The molecule has 3 aliphatic rings. The van der Waals surface area contributed by atoms with Crippen molar-refractivity contribution < 1.29 is 37.4 Å². The van der Waals surface area contributed by atoms with E-state index in [4.69, 9.17) is 20.0 Å². The Morgan fingerprint density at radius 3 is 2.30 bits per heavy atom. The van der Waals surface area contributed by atoms with Crippen molar-refractivity contribution in [3.8, 4) is 10.6 Å². The molecule has 0 radical (unpaired) electrons. The number of nitrogens with zero attached hydrogens (tertiary/aromatic N) is 3. The minimum Gasteiger partial charge on any atom is -0.481 e. The molecule has 2 N–H and O–H groups in total. The highest BCUT2D eigenvalue weighted by atomic mass is 32.1. The number of rotatable bonds is 6. The van der Waals surface area contributed by atoms with Crippen LogP contribution in [0.4, 0.5) is 17.6 Å². The van der Waals surface area contributed by atoms with Crippen LogP contribution in [0.1, 0.15) is 36.9 Å². The van der Waals surface area contributed by atoms with Gasteiger partial charge in [0, 0.05) is 36.3 Å². The molecule has 3 fully saturated rings. The van der Waals surface area contributed by atoms with Gasteiger partial charge in [-0.1, -0.05) is 17.4 Å². The molecular weight excluding hydrogens is 514 g/mol. The van der Waals surface area contributed by atoms with E-state index in [1.807, 2.05) is 17.0 Å². The summed E-state index contributed by atoms with van der Waals surface area (Å²) < 4.78 is 46.6. The average molecular weight is 538 g/mol. The molecule has 12 heteroatoms. The van der Waals surface area contributed by atoms with Gasteiger partial charge < -0.3 is 10.2 Å². The number of carboxylic acid groups (broad SMARTS) is 2. The Morgan fingerprint density at radius 1 is 1.08 bits per heavy atom. The van der Waals surface area contributed by atoms with E-state index in [2.05, 4.69) is 11.1 Å². The molecule has 196 valence electrons. The maximum Gasteiger partial charge on any atom is 0.490 e. The Labute approximate surface area is 212 Å². The first-order chi connectivity index (χ1) is 17.5. The quantitative estimate of drug-likeness (QED) is 0.422. The molecule has 3 heterocycles. The van der Waals surface area contributed by atoms with E-state index in [1.165, 1.54) is 42.7 Å². The summed E-state index contributed by atoms with van der Waals surface area (Å²) in [5, 5.41) is 16.8. The topological polar surface area (TPSA) is 104 Å². The molecule has 0 spiro atoms. The third-order valence-corrected chi connectivity index (χ3v) is 8.13. The summed E-state index contributed by atoms with van der Waals surface area (Å²) in [4.78, 5) is 32.3. The summed E-state index contributed by atoms with van der Waals surface area (Å²) in [7, 11) is 0. The fourth-order valence-corrected chi connectivity index (χ4v) is 5.76. The van der Waals surface area contributed by atoms with Gasteiger partial charge in [-0.2, -0.15) is 13.2 Å². The number of hydrogen-bond donors (Lipinski definition) is 2. The lowest BCUT2D eigenvalue weighted by Gasteiger charge is -2.36. The molecule has 0 amide bonds. The van der Waals surface area contributed by atoms with Crippen molar-refractivity contribution in [3.63, 3.8) is 0 Å². The molecule has 3 aromatic rings. The molecule has 0 atom stereocenters.